The van der Waals surface area contributed by atoms with E-state index in [1.54, 1.807) is 18.2 Å². The van der Waals surface area contributed by atoms with Crippen molar-refractivity contribution in [3.63, 3.8) is 0 Å². The highest BCUT2D eigenvalue weighted by Crippen LogP contribution is 2.42. The molecule has 1 N–H and O–H groups in total. The molecule has 1 unspecified atom stereocenters. The number of thiocarbonyl (C=S) groups is 1. The molecule has 2 amide bonds. The van der Waals surface area contributed by atoms with Gasteiger partial charge in [0.15, 0.2) is 5.11 Å². The van der Waals surface area contributed by atoms with E-state index in [9.17, 15) is 9.59 Å². The second-order valence-electron chi connectivity index (χ2n) is 8.59. The van der Waals surface area contributed by atoms with Crippen molar-refractivity contribution in [1.29, 1.82) is 0 Å². The Hall–Kier alpha value is -2.99. The Morgan fingerprint density at radius 2 is 1.83 bits per heavy atom. The number of carbonyl (C=O) groups excluding carboxylic acids is 2. The van der Waals surface area contributed by atoms with Gasteiger partial charge in [-0.2, -0.15) is 0 Å². The van der Waals surface area contributed by atoms with Gasteiger partial charge in [0.25, 0.3) is 11.8 Å². The van der Waals surface area contributed by atoms with Gasteiger partial charge in [-0.1, -0.05) is 31.2 Å². The van der Waals surface area contributed by atoms with Crippen LogP contribution in [-0.4, -0.2) is 29.5 Å². The summed E-state index contributed by atoms with van der Waals surface area (Å²) in [6, 6.07) is 15.2. The predicted molar refractivity (Wildman–Crippen MR) is 125 cm³/mol. The third kappa shape index (κ3) is 3.41. The summed E-state index contributed by atoms with van der Waals surface area (Å²) in [4.78, 5) is 29.4. The number of hydrogen-bond acceptors (Lipinski definition) is 4. The Labute approximate surface area is 182 Å². The second kappa shape index (κ2) is 7.36. The van der Waals surface area contributed by atoms with Crippen LogP contribution in [0.15, 0.2) is 54.1 Å². The lowest BCUT2D eigenvalue weighted by atomic mass is 9.80. The van der Waals surface area contributed by atoms with E-state index in [1.165, 1.54) is 16.2 Å². The molecule has 0 spiro atoms. The number of amides is 2. The van der Waals surface area contributed by atoms with Crippen molar-refractivity contribution in [3.8, 4) is 0 Å². The largest absolute Gasteiger partial charge is 0.369 e. The van der Waals surface area contributed by atoms with Crippen LogP contribution in [0, 0.1) is 0 Å². The lowest BCUT2D eigenvalue weighted by Crippen LogP contribution is -2.54. The molecule has 0 aliphatic carbocycles. The molecule has 0 radical (unpaired) electrons. The Balaban J connectivity index is 1.72. The van der Waals surface area contributed by atoms with Crippen molar-refractivity contribution in [2.75, 3.05) is 16.8 Å². The van der Waals surface area contributed by atoms with E-state index in [4.69, 9.17) is 12.2 Å². The van der Waals surface area contributed by atoms with Gasteiger partial charge in [-0.3, -0.25) is 19.8 Å². The summed E-state index contributed by atoms with van der Waals surface area (Å²) in [7, 11) is 2.11. The molecular weight excluding hydrogens is 394 g/mol. The fourth-order valence-electron chi connectivity index (χ4n) is 4.32. The number of carbonyl (C=O) groups is 2. The third-order valence-corrected chi connectivity index (χ3v) is 6.37. The SMILES string of the molecule is CC1CC(C)(C)N(C)c2ccc(/C=C3/C(=O)NC(=S)N(c4ccccc4)C3=O)cc21. The average molecular weight is 420 g/mol. The molecule has 2 aromatic carbocycles. The Morgan fingerprint density at radius 1 is 1.13 bits per heavy atom. The minimum absolute atomic E-state index is 0.0737. The van der Waals surface area contributed by atoms with E-state index in [1.807, 2.05) is 24.3 Å². The van der Waals surface area contributed by atoms with Gasteiger partial charge >= 0.3 is 0 Å². The molecule has 2 aliphatic heterocycles. The van der Waals surface area contributed by atoms with Gasteiger partial charge in [0, 0.05) is 18.3 Å². The number of nitrogens with one attached hydrogen (secondary N) is 1. The highest BCUT2D eigenvalue weighted by molar-refractivity contribution is 7.80. The van der Waals surface area contributed by atoms with E-state index < -0.39 is 11.8 Å². The molecule has 6 heteroatoms. The number of benzene rings is 2. The maximum absolute atomic E-state index is 13.1. The van der Waals surface area contributed by atoms with Crippen molar-refractivity contribution >= 4 is 46.6 Å². The standard InChI is InChI=1S/C24H25N3O2S/c1-15-14-24(2,3)26(4)20-11-10-16(12-18(15)20)13-19-21(28)25-23(30)27(22(19)29)17-8-6-5-7-9-17/h5-13,15H,14H2,1-4H3,(H,25,28,30)/b19-13-. The van der Waals surface area contributed by atoms with Crippen LogP contribution in [0.3, 0.4) is 0 Å². The predicted octanol–water partition coefficient (Wildman–Crippen LogP) is 4.24. The van der Waals surface area contributed by atoms with Gasteiger partial charge in [0.2, 0.25) is 0 Å². The first-order chi connectivity index (χ1) is 14.2. The first kappa shape index (κ1) is 20.3. The first-order valence-electron chi connectivity index (χ1n) is 10.0. The van der Waals surface area contributed by atoms with Crippen molar-refractivity contribution < 1.29 is 9.59 Å². The molecule has 1 fully saturated rings. The summed E-state index contributed by atoms with van der Waals surface area (Å²) < 4.78 is 0. The molecule has 1 saturated heterocycles. The normalized spacial score (nSPS) is 22.2. The molecule has 154 valence electrons. The van der Waals surface area contributed by atoms with E-state index in [2.05, 4.69) is 50.2 Å². The van der Waals surface area contributed by atoms with Crippen molar-refractivity contribution in [1.82, 2.24) is 5.32 Å². The maximum atomic E-state index is 13.1. The minimum Gasteiger partial charge on any atom is -0.369 e. The van der Waals surface area contributed by atoms with Crippen molar-refractivity contribution in [2.24, 2.45) is 0 Å². The van der Waals surface area contributed by atoms with Crippen molar-refractivity contribution in [2.45, 2.75) is 38.6 Å². The number of para-hydroxylation sites is 1. The third-order valence-electron chi connectivity index (χ3n) is 6.08. The van der Waals surface area contributed by atoms with Gasteiger partial charge in [-0.05, 0) is 79.9 Å². The Kier molecular flexibility index (Phi) is 4.98. The number of hydrogen-bond donors (Lipinski definition) is 1. The van der Waals surface area contributed by atoms with Crippen molar-refractivity contribution in [3.05, 3.63) is 65.2 Å². The van der Waals surface area contributed by atoms with E-state index in [0.29, 0.717) is 11.6 Å². The molecule has 0 bridgehead atoms. The number of rotatable bonds is 2. The summed E-state index contributed by atoms with van der Waals surface area (Å²) >= 11 is 5.25. The van der Waals surface area contributed by atoms with E-state index in [0.717, 1.165) is 12.0 Å². The number of nitrogens with zero attached hydrogens (tertiary/aromatic N) is 2. The molecule has 5 nitrogen and oxygen atoms in total. The van der Waals surface area contributed by atoms with Gasteiger partial charge in [-0.25, -0.2) is 0 Å². The van der Waals surface area contributed by atoms with Crippen LogP contribution in [0.25, 0.3) is 6.08 Å². The topological polar surface area (TPSA) is 52.7 Å². The zero-order chi connectivity index (χ0) is 21.6. The number of fused-ring (bicyclic) bond motifs is 1. The van der Waals surface area contributed by atoms with Crippen LogP contribution >= 0.6 is 12.2 Å². The molecule has 4 rings (SSSR count). The zero-order valence-corrected chi connectivity index (χ0v) is 18.4. The summed E-state index contributed by atoms with van der Waals surface area (Å²) in [5.74, 6) is -0.506. The average Bonchev–Trinajstić information content (AvgIpc) is 2.70. The maximum Gasteiger partial charge on any atom is 0.270 e. The quantitative estimate of drug-likeness (QED) is 0.449. The lowest BCUT2D eigenvalue weighted by molar-refractivity contribution is -0.122. The highest BCUT2D eigenvalue weighted by Gasteiger charge is 2.36. The molecule has 2 aromatic rings. The van der Waals surface area contributed by atoms with Gasteiger partial charge in [0.1, 0.15) is 5.57 Å². The van der Waals surface area contributed by atoms with Crippen LogP contribution < -0.4 is 15.1 Å². The van der Waals surface area contributed by atoms with Crippen LogP contribution in [0.5, 0.6) is 0 Å². The van der Waals surface area contributed by atoms with Gasteiger partial charge in [0.05, 0.1) is 5.69 Å². The zero-order valence-electron chi connectivity index (χ0n) is 17.6. The molecular formula is C24H25N3O2S. The summed E-state index contributed by atoms with van der Waals surface area (Å²) in [6.07, 6.45) is 2.69. The van der Waals surface area contributed by atoms with Crippen LogP contribution in [0.4, 0.5) is 11.4 Å². The van der Waals surface area contributed by atoms with E-state index >= 15 is 0 Å². The molecule has 30 heavy (non-hydrogen) atoms. The molecule has 2 aliphatic rings. The summed E-state index contributed by atoms with van der Waals surface area (Å²) in [6.45, 7) is 6.71. The monoisotopic (exact) mass is 419 g/mol. The fourth-order valence-corrected chi connectivity index (χ4v) is 4.60. The Morgan fingerprint density at radius 3 is 2.53 bits per heavy atom. The first-order valence-corrected chi connectivity index (χ1v) is 10.4. The van der Waals surface area contributed by atoms with E-state index in [-0.39, 0.29) is 16.2 Å². The molecule has 2 heterocycles. The van der Waals surface area contributed by atoms with Crippen LogP contribution in [0.2, 0.25) is 0 Å². The summed E-state index contributed by atoms with van der Waals surface area (Å²) in [5, 5.41) is 2.73. The van der Waals surface area contributed by atoms with Crippen LogP contribution in [0.1, 0.15) is 44.2 Å². The molecule has 0 saturated carbocycles. The van der Waals surface area contributed by atoms with Crippen LogP contribution in [-0.2, 0) is 9.59 Å². The minimum atomic E-state index is -0.471. The Bertz CT molecular complexity index is 1080. The summed E-state index contributed by atoms with van der Waals surface area (Å²) in [5.41, 5.74) is 4.02. The van der Waals surface area contributed by atoms with Gasteiger partial charge < -0.3 is 4.90 Å². The number of anilines is 2. The van der Waals surface area contributed by atoms with Gasteiger partial charge in [-0.15, -0.1) is 0 Å². The highest BCUT2D eigenvalue weighted by atomic mass is 32.1. The fraction of sp³-hybridized carbons (Fsp3) is 0.292. The smallest absolute Gasteiger partial charge is 0.270 e. The lowest BCUT2D eigenvalue weighted by Gasteiger charge is -2.45. The molecule has 0 aromatic heterocycles. The molecule has 1 atom stereocenters. The second-order valence-corrected chi connectivity index (χ2v) is 8.97.